The van der Waals surface area contributed by atoms with Gasteiger partial charge < -0.3 is 25.6 Å². The summed E-state index contributed by atoms with van der Waals surface area (Å²) in [4.78, 5) is 54.1. The molecule has 2 heterocycles. The van der Waals surface area contributed by atoms with Gasteiger partial charge in [0.15, 0.2) is 0 Å². The van der Waals surface area contributed by atoms with Crippen LogP contribution in [0.2, 0.25) is 0 Å². The molecule has 2 fully saturated rings. The third-order valence-electron chi connectivity index (χ3n) is 6.87. The van der Waals surface area contributed by atoms with E-state index in [0.717, 1.165) is 44.8 Å². The topological polar surface area (TPSA) is 151 Å². The lowest BCUT2D eigenvalue weighted by Gasteiger charge is -2.36. The van der Waals surface area contributed by atoms with Crippen molar-refractivity contribution in [2.75, 3.05) is 44.2 Å². The molecule has 0 aliphatic carbocycles. The maximum atomic E-state index is 13.3. The van der Waals surface area contributed by atoms with Crippen molar-refractivity contribution >= 4 is 29.3 Å². The van der Waals surface area contributed by atoms with E-state index in [9.17, 15) is 24.5 Å². The number of unbranched alkanes of at least 4 members (excludes halogenated alkanes) is 1. The summed E-state index contributed by atoms with van der Waals surface area (Å²) < 4.78 is 5.36. The number of carbonyl (C=O) groups is 3. The highest BCUT2D eigenvalue weighted by Gasteiger charge is 2.37. The molecular formula is C26H40N6O6. The van der Waals surface area contributed by atoms with Gasteiger partial charge in [-0.25, -0.2) is 4.79 Å². The maximum Gasteiger partial charge on any atom is 0.408 e. The number of nitrogens with zero attached hydrogens (tertiary/aromatic N) is 4. The monoisotopic (exact) mass is 532 g/mol. The quantitative estimate of drug-likeness (QED) is 0.264. The number of likely N-dealkylation sites (tertiary alicyclic amines) is 1. The van der Waals surface area contributed by atoms with Crippen LogP contribution < -0.4 is 16.0 Å². The van der Waals surface area contributed by atoms with Crippen LogP contribution in [0, 0.1) is 10.1 Å². The summed E-state index contributed by atoms with van der Waals surface area (Å²) in [6.45, 7) is 9.95. The van der Waals surface area contributed by atoms with E-state index in [4.69, 9.17) is 10.5 Å². The van der Waals surface area contributed by atoms with Crippen molar-refractivity contribution in [1.82, 2.24) is 15.1 Å². The standard InChI is InChI=1S/C26H40N6O6/c1-26(2,3)38-25(35)28-21(24(34)31-14-6-8-22(31)23(27)33)7-4-5-13-29-15-17-30(18-16-29)19-9-11-20(12-10-19)32(36)37/h9-12,21-22H,4-8,13-18H2,1-3H3,(H2,27,33)(H,28,35)/t21-,22-/m0/s1. The smallest absolute Gasteiger partial charge is 0.408 e. The Morgan fingerprint density at radius 1 is 1.11 bits per heavy atom. The highest BCUT2D eigenvalue weighted by molar-refractivity contribution is 5.91. The molecule has 2 atom stereocenters. The van der Waals surface area contributed by atoms with Crippen molar-refractivity contribution in [3.63, 3.8) is 0 Å². The molecule has 2 aliphatic rings. The van der Waals surface area contributed by atoms with E-state index < -0.39 is 34.6 Å². The third kappa shape index (κ3) is 8.30. The Balaban J connectivity index is 1.48. The van der Waals surface area contributed by atoms with Crippen LogP contribution in [0.4, 0.5) is 16.2 Å². The number of nitro benzene ring substituents is 1. The van der Waals surface area contributed by atoms with Crippen molar-refractivity contribution in [3.05, 3.63) is 34.4 Å². The first-order valence-electron chi connectivity index (χ1n) is 13.3. The number of hydrogen-bond donors (Lipinski definition) is 2. The van der Waals surface area contributed by atoms with Gasteiger partial charge in [0.05, 0.1) is 4.92 Å². The number of ether oxygens (including phenoxy) is 1. The third-order valence-corrected chi connectivity index (χ3v) is 6.87. The first kappa shape index (κ1) is 29.2. The van der Waals surface area contributed by atoms with Gasteiger partial charge in [-0.2, -0.15) is 0 Å². The summed E-state index contributed by atoms with van der Waals surface area (Å²) in [6, 6.07) is 5.19. The van der Waals surface area contributed by atoms with Crippen LogP contribution in [-0.2, 0) is 14.3 Å². The molecule has 0 spiro atoms. The maximum absolute atomic E-state index is 13.3. The lowest BCUT2D eigenvalue weighted by molar-refractivity contribution is -0.384. The van der Waals surface area contributed by atoms with Gasteiger partial charge in [-0.3, -0.25) is 24.6 Å². The molecule has 0 radical (unpaired) electrons. The second kappa shape index (κ2) is 12.9. The van der Waals surface area contributed by atoms with Crippen molar-refractivity contribution < 1.29 is 24.0 Å². The van der Waals surface area contributed by atoms with Crippen LogP contribution in [-0.4, -0.2) is 89.6 Å². The van der Waals surface area contributed by atoms with Crippen LogP contribution in [0.1, 0.15) is 52.9 Å². The Hall–Kier alpha value is -3.41. The number of hydrogen-bond acceptors (Lipinski definition) is 8. The second-order valence-corrected chi connectivity index (χ2v) is 10.9. The minimum absolute atomic E-state index is 0.0835. The van der Waals surface area contributed by atoms with E-state index in [1.165, 1.54) is 17.0 Å². The minimum atomic E-state index is -0.788. The number of piperazine rings is 1. The number of carbonyl (C=O) groups excluding carboxylic acids is 3. The molecule has 3 N–H and O–H groups in total. The van der Waals surface area contributed by atoms with Gasteiger partial charge in [-0.05, 0) is 71.6 Å². The summed E-state index contributed by atoms with van der Waals surface area (Å²) in [5, 5.41) is 13.6. The van der Waals surface area contributed by atoms with Gasteiger partial charge in [0.2, 0.25) is 11.8 Å². The largest absolute Gasteiger partial charge is 0.444 e. The van der Waals surface area contributed by atoms with Crippen molar-refractivity contribution in [1.29, 1.82) is 0 Å². The lowest BCUT2D eigenvalue weighted by atomic mass is 10.1. The number of nitrogens with one attached hydrogen (secondary N) is 1. The van der Waals surface area contributed by atoms with Crippen LogP contribution in [0.25, 0.3) is 0 Å². The molecule has 12 nitrogen and oxygen atoms in total. The molecule has 1 aromatic carbocycles. The van der Waals surface area contributed by atoms with E-state index in [-0.39, 0.29) is 11.6 Å². The van der Waals surface area contributed by atoms with Gasteiger partial charge in [0.1, 0.15) is 17.7 Å². The van der Waals surface area contributed by atoms with E-state index in [2.05, 4.69) is 15.1 Å². The Bertz CT molecular complexity index is 987. The number of primary amides is 1. The zero-order valence-corrected chi connectivity index (χ0v) is 22.6. The molecule has 0 bridgehead atoms. The molecule has 210 valence electrons. The average Bonchev–Trinajstić information content (AvgIpc) is 3.35. The summed E-state index contributed by atoms with van der Waals surface area (Å²) in [5.41, 5.74) is 5.86. The first-order valence-corrected chi connectivity index (χ1v) is 13.3. The molecule has 12 heteroatoms. The van der Waals surface area contributed by atoms with E-state index in [0.29, 0.717) is 32.2 Å². The van der Waals surface area contributed by atoms with E-state index in [1.807, 2.05) is 0 Å². The van der Waals surface area contributed by atoms with Crippen molar-refractivity contribution in [3.8, 4) is 0 Å². The van der Waals surface area contributed by atoms with Crippen LogP contribution in [0.5, 0.6) is 0 Å². The van der Waals surface area contributed by atoms with Gasteiger partial charge in [-0.15, -0.1) is 0 Å². The fourth-order valence-corrected chi connectivity index (χ4v) is 4.93. The predicted octanol–water partition coefficient (Wildman–Crippen LogP) is 2.26. The zero-order chi connectivity index (χ0) is 27.9. The number of nitrogens with two attached hydrogens (primary N) is 1. The number of nitro groups is 1. The van der Waals surface area contributed by atoms with Crippen LogP contribution >= 0.6 is 0 Å². The normalized spacial score (nSPS) is 19.2. The molecule has 2 aliphatic heterocycles. The summed E-state index contributed by atoms with van der Waals surface area (Å²) in [6.07, 6.45) is 2.56. The highest BCUT2D eigenvalue weighted by atomic mass is 16.6. The summed E-state index contributed by atoms with van der Waals surface area (Å²) >= 11 is 0. The Morgan fingerprint density at radius 3 is 2.34 bits per heavy atom. The zero-order valence-electron chi connectivity index (χ0n) is 22.6. The Morgan fingerprint density at radius 2 is 1.76 bits per heavy atom. The molecule has 38 heavy (non-hydrogen) atoms. The highest BCUT2D eigenvalue weighted by Crippen LogP contribution is 2.22. The molecule has 0 aromatic heterocycles. The van der Waals surface area contributed by atoms with Crippen molar-refractivity contribution in [2.24, 2.45) is 5.73 Å². The average molecular weight is 533 g/mol. The number of anilines is 1. The van der Waals surface area contributed by atoms with E-state index >= 15 is 0 Å². The lowest BCUT2D eigenvalue weighted by Crippen LogP contribution is -2.53. The number of benzene rings is 1. The van der Waals surface area contributed by atoms with Gasteiger partial charge in [-0.1, -0.05) is 0 Å². The molecule has 0 saturated carbocycles. The van der Waals surface area contributed by atoms with Gasteiger partial charge in [0.25, 0.3) is 5.69 Å². The summed E-state index contributed by atoms with van der Waals surface area (Å²) in [5.74, 6) is -0.825. The molecule has 0 unspecified atom stereocenters. The predicted molar refractivity (Wildman–Crippen MR) is 143 cm³/mol. The van der Waals surface area contributed by atoms with Crippen molar-refractivity contribution in [2.45, 2.75) is 70.6 Å². The molecular weight excluding hydrogens is 492 g/mol. The second-order valence-electron chi connectivity index (χ2n) is 10.9. The molecule has 3 amide bonds. The Kier molecular flexibility index (Phi) is 9.90. The molecule has 1 aromatic rings. The number of non-ortho nitro benzene ring substituents is 1. The van der Waals surface area contributed by atoms with Crippen LogP contribution in [0.3, 0.4) is 0 Å². The number of amides is 3. The van der Waals surface area contributed by atoms with E-state index in [1.54, 1.807) is 32.9 Å². The number of alkyl carbamates (subject to hydrolysis) is 1. The van der Waals surface area contributed by atoms with Gasteiger partial charge in [0, 0.05) is 50.5 Å². The Labute approximate surface area is 223 Å². The SMILES string of the molecule is CC(C)(C)OC(=O)N[C@@H](CCCCN1CCN(c2ccc([N+](=O)[O-])cc2)CC1)C(=O)N1CCC[C@H]1C(N)=O. The van der Waals surface area contributed by atoms with Crippen LogP contribution in [0.15, 0.2) is 24.3 Å². The molecule has 2 saturated heterocycles. The summed E-state index contributed by atoms with van der Waals surface area (Å²) in [7, 11) is 0. The minimum Gasteiger partial charge on any atom is -0.444 e. The number of rotatable bonds is 10. The van der Waals surface area contributed by atoms with Gasteiger partial charge >= 0.3 is 6.09 Å². The first-order chi connectivity index (χ1) is 17.9. The fourth-order valence-electron chi connectivity index (χ4n) is 4.93. The fraction of sp³-hybridized carbons (Fsp3) is 0.654. The molecule has 3 rings (SSSR count).